The predicted molar refractivity (Wildman–Crippen MR) is 615 cm³/mol. The van der Waals surface area contributed by atoms with E-state index in [1.165, 1.54) is 199 Å². The van der Waals surface area contributed by atoms with Crippen LogP contribution in [0.25, 0.3) is 11.1 Å². The highest BCUT2D eigenvalue weighted by atomic mass is 32.2. The van der Waals surface area contributed by atoms with Crippen LogP contribution in [0, 0.1) is 43.8 Å². The number of nitrogens with zero attached hydrogens (tertiary/aromatic N) is 6. The highest BCUT2D eigenvalue weighted by molar-refractivity contribution is 8.00. The summed E-state index contributed by atoms with van der Waals surface area (Å²) in [6.07, 6.45) is 24.3. The summed E-state index contributed by atoms with van der Waals surface area (Å²) in [6.45, 7) is 70.4. The topological polar surface area (TPSA) is 81.8 Å². The Labute approximate surface area is 867 Å². The smallest absolute Gasteiger partial charge is 0.237 e. The van der Waals surface area contributed by atoms with E-state index in [4.69, 9.17) is 4.74 Å². The van der Waals surface area contributed by atoms with Gasteiger partial charge in [0, 0.05) is 76.4 Å². The molecule has 5 atom stereocenters. The van der Waals surface area contributed by atoms with Crippen molar-refractivity contribution in [2.24, 2.45) is 43.8 Å². The molecule has 0 saturated carbocycles. The van der Waals surface area contributed by atoms with Gasteiger partial charge in [0.25, 0.3) is 0 Å². The molecule has 776 valence electrons. The number of nitrogens with one attached hydrogen (secondary N) is 3. The monoisotopic (exact) mass is 1940 g/mol. The third kappa shape index (κ3) is 46.4. The van der Waals surface area contributed by atoms with Crippen LogP contribution in [0.4, 0.5) is 5.69 Å². The number of piperidine rings is 2. The van der Waals surface area contributed by atoms with Gasteiger partial charge in [0.1, 0.15) is 5.25 Å². The second-order valence-electron chi connectivity index (χ2n) is 52.0. The second-order valence-corrected chi connectivity index (χ2v) is 53.2. The van der Waals surface area contributed by atoms with Crippen molar-refractivity contribution in [1.82, 2.24) is 40.0 Å². The quantitative estimate of drug-likeness (QED) is 0.0768. The molecule has 0 aliphatic carbocycles. The van der Waals surface area contributed by atoms with Crippen molar-refractivity contribution in [3.8, 4) is 0 Å². The number of anilines is 1. The summed E-state index contributed by atoms with van der Waals surface area (Å²) in [5, 5.41) is 9.86. The number of likely N-dealkylation sites (N-methyl/N-ethyl adjacent to an activating group) is 5. The number of likely N-dealkylation sites (tertiary alicyclic amines) is 4. The van der Waals surface area contributed by atoms with Gasteiger partial charge in [0.05, 0.1) is 12.7 Å². The number of benzene rings is 8. The van der Waals surface area contributed by atoms with E-state index in [0.29, 0.717) is 43.9 Å². The Hall–Kier alpha value is -7.46. The minimum absolute atomic E-state index is 0.0255. The molecule has 3 N–H and O–H groups in total. The number of carbonyl (C=O) groups is 1. The number of morpholine rings is 1. The average molecular weight is 1940 g/mol. The van der Waals surface area contributed by atoms with Crippen LogP contribution < -0.4 is 16.0 Å². The molecule has 0 radical (unpaired) electrons. The lowest BCUT2D eigenvalue weighted by molar-refractivity contribution is -0.120. The highest BCUT2D eigenvalue weighted by Gasteiger charge is 2.29. The van der Waals surface area contributed by atoms with Gasteiger partial charge in [-0.25, -0.2) is 0 Å². The fourth-order valence-electron chi connectivity index (χ4n) is 20.5. The zero-order valence-electron chi connectivity index (χ0n) is 94.4. The van der Waals surface area contributed by atoms with Crippen LogP contribution in [0.2, 0.25) is 0 Å². The molecule has 6 fully saturated rings. The van der Waals surface area contributed by atoms with E-state index in [9.17, 15) is 4.79 Å². The SMILES string of the molecule is CC(C)(C)Cc1ccc(C2SCCNC2=O)cc1.CC(C)Cc1ccc(C2=CCNCC2)cc1.CN1CC=C(c2ccc(CC(C)(C)C)cc2)CC1.CN1CCC(Nc2ccc(CC(C)(C)C)cc2)C1.CN1CCC(c2ccc(CC(C)(C)C)cc2)C1.CN1CCC(c2ccc(CC(C)(C)C)cc2)CC1.CN1CCCC(c2ccc(CC(C)(C)C)cc2)C1.CN1CCOC(c2ccc(CC(C)(C)C)cc2)C1. The molecule has 0 spiro atoms. The molecule has 141 heavy (non-hydrogen) atoms. The first-order valence-corrected chi connectivity index (χ1v) is 55.6. The molecular weight excluding hydrogens is 1740 g/mol. The molecule has 8 aliphatic heterocycles. The fraction of sp³-hybridized carbons (Fsp3) is 0.589. The number of hydrogen-bond donors (Lipinski definition) is 3. The lowest BCUT2D eigenvalue weighted by atomic mass is 9.85. The molecule has 8 aromatic carbocycles. The Morgan fingerprint density at radius 3 is 1.09 bits per heavy atom. The second kappa shape index (κ2) is 55.9. The van der Waals surface area contributed by atoms with Gasteiger partial charge in [0.2, 0.25) is 5.91 Å². The number of carbonyl (C=O) groups excluding carboxylic acids is 1. The first kappa shape index (κ1) is 117. The number of thioether (sulfide) groups is 1. The number of rotatable bonds is 18. The van der Waals surface area contributed by atoms with E-state index in [2.05, 4.69) is 453 Å². The van der Waals surface area contributed by atoms with Crippen LogP contribution >= 0.6 is 11.8 Å². The maximum atomic E-state index is 11.8. The van der Waals surface area contributed by atoms with Crippen molar-refractivity contribution < 1.29 is 9.53 Å². The maximum absolute atomic E-state index is 11.8. The van der Waals surface area contributed by atoms with Crippen molar-refractivity contribution in [1.29, 1.82) is 0 Å². The molecule has 8 aliphatic rings. The Bertz CT molecular complexity index is 4860. The Kier molecular flexibility index (Phi) is 46.4. The van der Waals surface area contributed by atoms with Crippen LogP contribution in [0.15, 0.2) is 206 Å². The third-order valence-electron chi connectivity index (χ3n) is 27.5. The molecule has 11 nitrogen and oxygen atoms in total. The molecule has 6 saturated heterocycles. The first-order valence-electron chi connectivity index (χ1n) is 54.5. The molecule has 0 aromatic heterocycles. The maximum Gasteiger partial charge on any atom is 0.237 e. The molecule has 5 unspecified atom stereocenters. The molecule has 0 bridgehead atoms. The van der Waals surface area contributed by atoms with Gasteiger partial charge < -0.3 is 50.1 Å². The minimum Gasteiger partial charge on any atom is -0.381 e. The summed E-state index contributed by atoms with van der Waals surface area (Å²) < 4.78 is 5.83. The lowest BCUT2D eigenvalue weighted by Crippen LogP contribution is -2.35. The van der Waals surface area contributed by atoms with Crippen LogP contribution in [-0.4, -0.2) is 194 Å². The van der Waals surface area contributed by atoms with Gasteiger partial charge in [0.15, 0.2) is 0 Å². The van der Waals surface area contributed by atoms with Crippen molar-refractivity contribution in [2.45, 2.75) is 297 Å². The van der Waals surface area contributed by atoms with E-state index >= 15 is 0 Å². The molecule has 1 amide bonds. The zero-order valence-corrected chi connectivity index (χ0v) is 95.2. The van der Waals surface area contributed by atoms with E-state index < -0.39 is 0 Å². The summed E-state index contributed by atoms with van der Waals surface area (Å²) in [5.74, 6) is 4.17. The standard InChI is InChI=1S/C17H27N.C17H25N.C17H27N.C16H26N2.C16H25NO.C16H25N.C15H21NOS.C15H21N/c2*1-17(2,3)13-14-5-7-15(8-6-14)16-9-11-18(4)12-10-16;1-17(2,3)12-14-7-9-15(10-8-14)16-6-5-11-18(4)13-16;1-16(2,3)11-13-5-7-14(8-6-13)17-15-9-10-18(4)12-15;1-16(2,3)11-13-5-7-14(8-6-13)15-12-17(4)9-10-18-15;1-16(2,3)11-13-5-7-14(8-6-13)15-9-10-17(4)12-15;1-15(2,3)10-11-4-6-12(7-5-11)13-14(17)16-8-9-18-13;1-12(2)11-13-3-5-14(6-4-13)15-7-9-16-10-8-15/h5-8,16H,9-13H2,1-4H3;5-9H,10-13H2,1-4H3;7-10,16H,5-6,11-13H2,1-4H3;5-8,15,17H,9-12H2,1-4H3;5-8,15H,9-12H2,1-4H3;5-8,15H,9-12H2,1-4H3;4-7,13H,8-10H2,1-3H3,(H,16,17);3-7,12,16H,8-11H2,1-2H3. The van der Waals surface area contributed by atoms with Gasteiger partial charge in [-0.05, 0) is 353 Å². The third-order valence-corrected chi connectivity index (χ3v) is 28.8. The van der Waals surface area contributed by atoms with Crippen LogP contribution in [-0.2, 0) is 60.9 Å². The van der Waals surface area contributed by atoms with Crippen molar-refractivity contribution in [3.05, 3.63) is 290 Å². The number of hydrogen-bond acceptors (Lipinski definition) is 11. The molecule has 16 rings (SSSR count). The highest BCUT2D eigenvalue weighted by Crippen LogP contribution is 2.37. The van der Waals surface area contributed by atoms with E-state index in [1.54, 1.807) is 17.3 Å². The van der Waals surface area contributed by atoms with Gasteiger partial charge >= 0.3 is 0 Å². The summed E-state index contributed by atoms with van der Waals surface area (Å²) in [6, 6.07) is 73.3. The zero-order chi connectivity index (χ0) is 103. The molecular formula is C129H197N9O2S. The molecule has 8 heterocycles. The average Bonchev–Trinajstić information content (AvgIpc) is 1.84. The van der Waals surface area contributed by atoms with Gasteiger partial charge in [-0.3, -0.25) is 4.79 Å². The van der Waals surface area contributed by atoms with Crippen molar-refractivity contribution in [3.63, 3.8) is 0 Å². The summed E-state index contributed by atoms with van der Waals surface area (Å²) in [5.41, 5.74) is 28.1. The van der Waals surface area contributed by atoms with Gasteiger partial charge in [-0.1, -0.05) is 353 Å². The van der Waals surface area contributed by atoms with Gasteiger partial charge in [-0.15, -0.1) is 11.8 Å². The first-order chi connectivity index (χ1) is 66.3. The van der Waals surface area contributed by atoms with Crippen molar-refractivity contribution >= 4 is 34.5 Å². The normalized spacial score (nSPS) is 20.2. The largest absolute Gasteiger partial charge is 0.381 e. The van der Waals surface area contributed by atoms with E-state index in [-0.39, 0.29) is 17.3 Å². The van der Waals surface area contributed by atoms with Crippen molar-refractivity contribution in [2.75, 3.05) is 158 Å². The van der Waals surface area contributed by atoms with E-state index in [0.717, 1.165) is 132 Å². The minimum atomic E-state index is -0.0255. The van der Waals surface area contributed by atoms with Gasteiger partial charge in [-0.2, -0.15) is 0 Å². The molecule has 8 aromatic rings. The fourth-order valence-corrected chi connectivity index (χ4v) is 21.5. The Morgan fingerprint density at radius 1 is 0.355 bits per heavy atom. The lowest BCUT2D eigenvalue weighted by Gasteiger charge is -2.30. The summed E-state index contributed by atoms with van der Waals surface area (Å²) in [4.78, 5) is 26.2. The summed E-state index contributed by atoms with van der Waals surface area (Å²) >= 11 is 1.73. The van der Waals surface area contributed by atoms with Crippen LogP contribution in [0.3, 0.4) is 0 Å². The van der Waals surface area contributed by atoms with Crippen LogP contribution in [0.1, 0.15) is 323 Å². The Balaban J connectivity index is 0.000000180. The summed E-state index contributed by atoms with van der Waals surface area (Å²) in [7, 11) is 13.2. The van der Waals surface area contributed by atoms with E-state index in [1.807, 2.05) is 0 Å². The molecule has 12 heteroatoms. The van der Waals surface area contributed by atoms with Crippen LogP contribution in [0.5, 0.6) is 0 Å². The number of ether oxygens (including phenoxy) is 1. The predicted octanol–water partition coefficient (Wildman–Crippen LogP) is 29.0. The Morgan fingerprint density at radius 2 is 0.716 bits per heavy atom. The number of amides is 1.